The molecule has 0 amide bonds. The van der Waals surface area contributed by atoms with E-state index in [0.29, 0.717) is 0 Å². The van der Waals surface area contributed by atoms with Crippen LogP contribution in [0.3, 0.4) is 0 Å². The van der Waals surface area contributed by atoms with Crippen LogP contribution in [0, 0.1) is 0 Å². The number of benzene rings is 1. The lowest BCUT2D eigenvalue weighted by molar-refractivity contribution is 0.0994. The zero-order chi connectivity index (χ0) is 8.97. The van der Waals surface area contributed by atoms with E-state index < -0.39 is 0 Å². The van der Waals surface area contributed by atoms with Gasteiger partial charge in [0.1, 0.15) is 0 Å². The lowest BCUT2D eigenvalue weighted by atomic mass is 10.1. The molecule has 0 aliphatic carbocycles. The molecule has 0 radical (unpaired) electrons. The SMILES string of the molecule is CSC(C)C(=O)c1ccccc1. The Kier molecular flexibility index (Phi) is 3.35. The second-order valence-electron chi connectivity index (χ2n) is 2.61. The van der Waals surface area contributed by atoms with Gasteiger partial charge in [-0.1, -0.05) is 30.3 Å². The number of hydrogen-bond acceptors (Lipinski definition) is 2. The maximum absolute atomic E-state index is 11.6. The second kappa shape index (κ2) is 4.31. The molecule has 0 heterocycles. The Morgan fingerprint density at radius 3 is 2.42 bits per heavy atom. The van der Waals surface area contributed by atoms with Crippen molar-refractivity contribution in [1.82, 2.24) is 0 Å². The number of rotatable bonds is 3. The average Bonchev–Trinajstić information content (AvgIpc) is 2.17. The van der Waals surface area contributed by atoms with Gasteiger partial charge in [0.15, 0.2) is 5.78 Å². The van der Waals surface area contributed by atoms with Crippen LogP contribution in [0.2, 0.25) is 0 Å². The lowest BCUT2D eigenvalue weighted by Crippen LogP contribution is -2.12. The molecule has 0 aliphatic heterocycles. The first kappa shape index (κ1) is 9.33. The molecule has 0 saturated carbocycles. The number of carbonyl (C=O) groups is 1. The van der Waals surface area contributed by atoms with Crippen LogP contribution in [0.5, 0.6) is 0 Å². The minimum atomic E-state index is 0.0624. The third kappa shape index (κ3) is 2.11. The molecule has 0 bridgehead atoms. The van der Waals surface area contributed by atoms with Crippen molar-refractivity contribution in [2.75, 3.05) is 6.26 Å². The minimum Gasteiger partial charge on any atom is -0.293 e. The van der Waals surface area contributed by atoms with E-state index in [2.05, 4.69) is 0 Å². The van der Waals surface area contributed by atoms with Gasteiger partial charge in [-0.2, -0.15) is 11.8 Å². The maximum Gasteiger partial charge on any atom is 0.175 e. The predicted octanol–water partition coefficient (Wildman–Crippen LogP) is 2.62. The van der Waals surface area contributed by atoms with Crippen LogP contribution < -0.4 is 0 Å². The van der Waals surface area contributed by atoms with Crippen molar-refractivity contribution in [2.24, 2.45) is 0 Å². The molecule has 64 valence electrons. The summed E-state index contributed by atoms with van der Waals surface area (Å²) in [6.07, 6.45) is 1.95. The van der Waals surface area contributed by atoms with Crippen molar-refractivity contribution in [3.05, 3.63) is 35.9 Å². The van der Waals surface area contributed by atoms with Crippen molar-refractivity contribution in [3.8, 4) is 0 Å². The molecule has 1 atom stereocenters. The highest BCUT2D eigenvalue weighted by Gasteiger charge is 2.12. The fourth-order valence-corrected chi connectivity index (χ4v) is 1.29. The molecule has 0 saturated heterocycles. The van der Waals surface area contributed by atoms with Crippen LogP contribution in [0.4, 0.5) is 0 Å². The van der Waals surface area contributed by atoms with E-state index >= 15 is 0 Å². The molecule has 1 unspecified atom stereocenters. The van der Waals surface area contributed by atoms with Crippen LogP contribution >= 0.6 is 11.8 Å². The van der Waals surface area contributed by atoms with Gasteiger partial charge in [0.2, 0.25) is 0 Å². The Bertz CT molecular complexity index is 256. The van der Waals surface area contributed by atoms with Gasteiger partial charge >= 0.3 is 0 Å². The molecule has 0 N–H and O–H groups in total. The van der Waals surface area contributed by atoms with Gasteiger partial charge in [-0.15, -0.1) is 0 Å². The van der Waals surface area contributed by atoms with E-state index in [4.69, 9.17) is 0 Å². The van der Waals surface area contributed by atoms with Crippen LogP contribution in [0.15, 0.2) is 30.3 Å². The van der Waals surface area contributed by atoms with Gasteiger partial charge in [-0.25, -0.2) is 0 Å². The predicted molar refractivity (Wildman–Crippen MR) is 53.7 cm³/mol. The van der Waals surface area contributed by atoms with E-state index in [-0.39, 0.29) is 11.0 Å². The molecule has 1 aromatic rings. The summed E-state index contributed by atoms with van der Waals surface area (Å²) in [6.45, 7) is 1.93. The van der Waals surface area contributed by atoms with Crippen molar-refractivity contribution in [2.45, 2.75) is 12.2 Å². The molecule has 0 spiro atoms. The fraction of sp³-hybridized carbons (Fsp3) is 0.300. The van der Waals surface area contributed by atoms with E-state index in [0.717, 1.165) is 5.56 Å². The minimum absolute atomic E-state index is 0.0624. The highest BCUT2D eigenvalue weighted by molar-refractivity contribution is 7.99. The Morgan fingerprint density at radius 2 is 1.92 bits per heavy atom. The molecule has 0 aromatic heterocycles. The van der Waals surface area contributed by atoms with Crippen molar-refractivity contribution in [1.29, 1.82) is 0 Å². The van der Waals surface area contributed by atoms with E-state index in [1.807, 2.05) is 43.5 Å². The molecular weight excluding hydrogens is 168 g/mol. The number of thioether (sulfide) groups is 1. The summed E-state index contributed by atoms with van der Waals surface area (Å²) >= 11 is 1.58. The van der Waals surface area contributed by atoms with Gasteiger partial charge in [0.05, 0.1) is 5.25 Å². The Labute approximate surface area is 77.2 Å². The molecular formula is C10H12OS. The summed E-state index contributed by atoms with van der Waals surface area (Å²) in [5, 5.41) is 0.0624. The molecule has 1 rings (SSSR count). The zero-order valence-electron chi connectivity index (χ0n) is 7.28. The molecule has 1 nitrogen and oxygen atoms in total. The molecule has 0 aliphatic rings. The largest absolute Gasteiger partial charge is 0.293 e. The highest BCUT2D eigenvalue weighted by Crippen LogP contribution is 2.12. The van der Waals surface area contributed by atoms with Crippen molar-refractivity contribution >= 4 is 17.5 Å². The standard InChI is InChI=1S/C10H12OS/c1-8(12-2)10(11)9-6-4-3-5-7-9/h3-8H,1-2H3. The van der Waals surface area contributed by atoms with Gasteiger partial charge in [0, 0.05) is 5.56 Å². The van der Waals surface area contributed by atoms with Crippen LogP contribution in [0.1, 0.15) is 17.3 Å². The first-order valence-corrected chi connectivity index (χ1v) is 5.16. The Balaban J connectivity index is 2.79. The van der Waals surface area contributed by atoms with E-state index in [1.165, 1.54) is 0 Å². The van der Waals surface area contributed by atoms with Crippen LogP contribution in [-0.4, -0.2) is 17.3 Å². The number of ketones is 1. The van der Waals surface area contributed by atoms with Gasteiger partial charge in [-0.05, 0) is 13.2 Å². The Hall–Kier alpha value is -0.760. The summed E-state index contributed by atoms with van der Waals surface area (Å²) in [7, 11) is 0. The van der Waals surface area contributed by atoms with Gasteiger partial charge in [-0.3, -0.25) is 4.79 Å². The van der Waals surface area contributed by atoms with Crippen molar-refractivity contribution in [3.63, 3.8) is 0 Å². The first-order valence-electron chi connectivity index (χ1n) is 3.87. The summed E-state index contributed by atoms with van der Waals surface area (Å²) in [4.78, 5) is 11.6. The number of carbonyl (C=O) groups excluding carboxylic acids is 1. The number of hydrogen-bond donors (Lipinski definition) is 0. The summed E-state index contributed by atoms with van der Waals surface area (Å²) in [5.41, 5.74) is 0.805. The Morgan fingerprint density at radius 1 is 1.33 bits per heavy atom. The van der Waals surface area contributed by atoms with E-state index in [1.54, 1.807) is 11.8 Å². The molecule has 1 aromatic carbocycles. The summed E-state index contributed by atoms with van der Waals surface area (Å²) in [5.74, 6) is 0.211. The monoisotopic (exact) mass is 180 g/mol. The number of Topliss-reactive ketones (excluding diaryl/α,β-unsaturated/α-hetero) is 1. The third-order valence-electron chi connectivity index (χ3n) is 1.78. The topological polar surface area (TPSA) is 17.1 Å². The highest BCUT2D eigenvalue weighted by atomic mass is 32.2. The zero-order valence-corrected chi connectivity index (χ0v) is 8.10. The second-order valence-corrected chi connectivity index (χ2v) is 3.79. The third-order valence-corrected chi connectivity index (χ3v) is 2.70. The first-order chi connectivity index (χ1) is 5.75. The quantitative estimate of drug-likeness (QED) is 0.665. The molecule has 12 heavy (non-hydrogen) atoms. The summed E-state index contributed by atoms with van der Waals surface area (Å²) in [6, 6.07) is 9.41. The van der Waals surface area contributed by atoms with Gasteiger partial charge < -0.3 is 0 Å². The van der Waals surface area contributed by atoms with Crippen LogP contribution in [0.25, 0.3) is 0 Å². The molecule has 2 heteroatoms. The average molecular weight is 180 g/mol. The summed E-state index contributed by atoms with van der Waals surface area (Å²) < 4.78 is 0. The normalized spacial score (nSPS) is 12.5. The lowest BCUT2D eigenvalue weighted by Gasteiger charge is -2.05. The van der Waals surface area contributed by atoms with Gasteiger partial charge in [0.25, 0.3) is 0 Å². The van der Waals surface area contributed by atoms with E-state index in [9.17, 15) is 4.79 Å². The van der Waals surface area contributed by atoms with Crippen molar-refractivity contribution < 1.29 is 4.79 Å². The fourth-order valence-electron chi connectivity index (χ4n) is 0.944. The smallest absolute Gasteiger partial charge is 0.175 e. The van der Waals surface area contributed by atoms with Crippen LogP contribution in [-0.2, 0) is 0 Å². The molecule has 0 fully saturated rings. The maximum atomic E-state index is 11.6.